The van der Waals surface area contributed by atoms with Crippen molar-refractivity contribution in [1.82, 2.24) is 0 Å². The summed E-state index contributed by atoms with van der Waals surface area (Å²) in [5, 5.41) is 0. The predicted octanol–water partition coefficient (Wildman–Crippen LogP) is 5.01. The number of ether oxygens (including phenoxy) is 2. The third-order valence-corrected chi connectivity index (χ3v) is 4.33. The molecule has 1 aromatic rings. The lowest BCUT2D eigenvalue weighted by atomic mass is 10.1. The quantitative estimate of drug-likeness (QED) is 0.328. The molecule has 0 unspecified atom stereocenters. The Hall–Kier alpha value is 0.0800. The fourth-order valence-electron chi connectivity index (χ4n) is 1.39. The Labute approximate surface area is 162 Å². The number of hydrogen-bond acceptors (Lipinski definition) is 4. The Morgan fingerprint density at radius 3 is 1.36 bits per heavy atom. The summed E-state index contributed by atoms with van der Waals surface area (Å²) in [5.74, 6) is -0.830. The van der Waals surface area contributed by atoms with Gasteiger partial charge in [0.05, 0.1) is 31.8 Å². The Morgan fingerprint density at radius 2 is 1.09 bits per heavy atom. The zero-order chi connectivity index (χ0) is 16.5. The number of rotatable bonds is 8. The lowest BCUT2D eigenvalue weighted by molar-refractivity contribution is 0.0490. The Kier molecular flexibility index (Phi) is 9.86. The third kappa shape index (κ3) is 8.08. The van der Waals surface area contributed by atoms with Gasteiger partial charge >= 0.3 is 11.9 Å². The fraction of sp³-hybridized carbons (Fsp3) is 0.429. The van der Waals surface area contributed by atoms with E-state index < -0.39 is 11.9 Å². The summed E-state index contributed by atoms with van der Waals surface area (Å²) in [6.07, 6.45) is 1.33. The zero-order valence-corrected chi connectivity index (χ0v) is 17.8. The number of halogens is 4. The first-order valence-corrected chi connectivity index (χ1v) is 10.1. The van der Waals surface area contributed by atoms with Gasteiger partial charge in [0.15, 0.2) is 0 Å². The first kappa shape index (κ1) is 20.1. The van der Waals surface area contributed by atoms with Gasteiger partial charge < -0.3 is 9.47 Å². The second-order valence-corrected chi connectivity index (χ2v) is 11.1. The van der Waals surface area contributed by atoms with Crippen LogP contribution in [0.25, 0.3) is 0 Å². The normalized spacial score (nSPS) is 10.8. The van der Waals surface area contributed by atoms with Gasteiger partial charge in [-0.3, -0.25) is 0 Å². The van der Waals surface area contributed by atoms with Crippen molar-refractivity contribution < 1.29 is 19.1 Å². The topological polar surface area (TPSA) is 52.6 Å². The average Bonchev–Trinajstić information content (AvgIpc) is 2.46. The molecule has 0 saturated heterocycles. The molecule has 0 atom stereocenters. The summed E-state index contributed by atoms with van der Waals surface area (Å²) >= 11 is 13.2. The molecule has 1 aromatic carbocycles. The van der Waals surface area contributed by atoms with Gasteiger partial charge in [0.2, 0.25) is 0 Å². The fourth-order valence-corrected chi connectivity index (χ4v) is 2.14. The molecular weight excluding hydrogens is 552 g/mol. The van der Waals surface area contributed by atoms with Crippen molar-refractivity contribution in [2.45, 2.75) is 20.3 Å². The van der Waals surface area contributed by atoms with E-state index in [1.54, 1.807) is 24.3 Å². The molecule has 0 aliphatic carbocycles. The standard InChI is InChI=1S/C14H14Br4O4/c15-11(16)5-7-21-13(19)9-1-2-10(4-3-9)14(20)22-8-6-12(17)18/h1-4,11-12H,5-8H2. The first-order valence-electron chi connectivity index (χ1n) is 6.40. The van der Waals surface area contributed by atoms with Crippen molar-refractivity contribution in [3.63, 3.8) is 0 Å². The molecule has 0 bridgehead atoms. The summed E-state index contributed by atoms with van der Waals surface area (Å²) in [7, 11) is 0. The number of benzene rings is 1. The van der Waals surface area contributed by atoms with Crippen molar-refractivity contribution in [2.75, 3.05) is 13.2 Å². The van der Waals surface area contributed by atoms with Crippen LogP contribution in [0.4, 0.5) is 0 Å². The van der Waals surface area contributed by atoms with Gasteiger partial charge in [0, 0.05) is 12.8 Å². The van der Waals surface area contributed by atoms with Crippen LogP contribution >= 0.6 is 63.7 Å². The van der Waals surface area contributed by atoms with Crippen LogP contribution in [-0.2, 0) is 9.47 Å². The maximum atomic E-state index is 11.8. The third-order valence-electron chi connectivity index (χ3n) is 2.49. The molecule has 0 spiro atoms. The molecule has 0 radical (unpaired) electrons. The smallest absolute Gasteiger partial charge is 0.338 e. The molecule has 1 rings (SSSR count). The molecule has 0 aromatic heterocycles. The summed E-state index contributed by atoms with van der Waals surface area (Å²) in [6, 6.07) is 6.21. The van der Waals surface area contributed by atoms with Crippen molar-refractivity contribution in [2.24, 2.45) is 0 Å². The second kappa shape index (κ2) is 10.8. The Balaban J connectivity index is 2.48. The maximum absolute atomic E-state index is 11.8. The number of esters is 2. The lowest BCUT2D eigenvalue weighted by Crippen LogP contribution is -2.10. The first-order chi connectivity index (χ1) is 10.4. The summed E-state index contributed by atoms with van der Waals surface area (Å²) in [5.41, 5.74) is 0.802. The molecule has 0 saturated carbocycles. The van der Waals surface area contributed by atoms with Gasteiger partial charge in [0.1, 0.15) is 0 Å². The SMILES string of the molecule is O=C(OCCC(Br)Br)c1ccc(C(=O)OCCC(Br)Br)cc1. The number of carbonyl (C=O) groups is 2. The maximum Gasteiger partial charge on any atom is 0.338 e. The minimum absolute atomic E-state index is 0.114. The molecule has 0 N–H and O–H groups in total. The van der Waals surface area contributed by atoms with Crippen LogP contribution in [0.15, 0.2) is 24.3 Å². The van der Waals surface area contributed by atoms with Gasteiger partial charge in [-0.15, -0.1) is 0 Å². The van der Waals surface area contributed by atoms with E-state index in [1.165, 1.54) is 0 Å². The zero-order valence-electron chi connectivity index (χ0n) is 11.4. The monoisotopic (exact) mass is 562 g/mol. The molecule has 22 heavy (non-hydrogen) atoms. The van der Waals surface area contributed by atoms with E-state index in [2.05, 4.69) is 63.7 Å². The highest BCUT2D eigenvalue weighted by atomic mass is 79.9. The van der Waals surface area contributed by atoms with Crippen molar-refractivity contribution in [3.8, 4) is 0 Å². The molecule has 0 amide bonds. The van der Waals surface area contributed by atoms with Crippen LogP contribution in [-0.4, -0.2) is 32.6 Å². The average molecular weight is 566 g/mol. The van der Waals surface area contributed by atoms with E-state index in [9.17, 15) is 9.59 Å². The van der Waals surface area contributed by atoms with Crippen molar-refractivity contribution in [3.05, 3.63) is 35.4 Å². The van der Waals surface area contributed by atoms with Crippen LogP contribution in [0.1, 0.15) is 33.6 Å². The van der Waals surface area contributed by atoms with E-state index in [0.29, 0.717) is 37.2 Å². The molecule has 0 aliphatic rings. The van der Waals surface area contributed by atoms with E-state index in [1.807, 2.05) is 0 Å². The van der Waals surface area contributed by atoms with Crippen LogP contribution < -0.4 is 0 Å². The van der Waals surface area contributed by atoms with Gasteiger partial charge in [-0.25, -0.2) is 9.59 Å². The van der Waals surface area contributed by atoms with Crippen LogP contribution in [0, 0.1) is 0 Å². The van der Waals surface area contributed by atoms with Gasteiger partial charge in [-0.1, -0.05) is 63.7 Å². The number of carbonyl (C=O) groups excluding carboxylic acids is 2. The number of hydrogen-bond donors (Lipinski definition) is 0. The molecular formula is C14H14Br4O4. The summed E-state index contributed by atoms with van der Waals surface area (Å²) in [6.45, 7) is 0.619. The van der Waals surface area contributed by atoms with Crippen LogP contribution in [0.5, 0.6) is 0 Å². The minimum Gasteiger partial charge on any atom is -0.462 e. The minimum atomic E-state index is -0.415. The molecule has 0 heterocycles. The van der Waals surface area contributed by atoms with E-state index >= 15 is 0 Å². The molecule has 4 nitrogen and oxygen atoms in total. The van der Waals surface area contributed by atoms with Crippen molar-refractivity contribution in [1.29, 1.82) is 0 Å². The molecule has 8 heteroatoms. The van der Waals surface area contributed by atoms with E-state index in [0.717, 1.165) is 0 Å². The van der Waals surface area contributed by atoms with Crippen LogP contribution in [0.2, 0.25) is 0 Å². The molecule has 0 fully saturated rings. The van der Waals surface area contributed by atoms with Crippen molar-refractivity contribution >= 4 is 75.7 Å². The Morgan fingerprint density at radius 1 is 0.773 bits per heavy atom. The van der Waals surface area contributed by atoms with Gasteiger partial charge in [0.25, 0.3) is 0 Å². The highest BCUT2D eigenvalue weighted by molar-refractivity contribution is 9.25. The Bertz CT molecular complexity index is 443. The molecule has 0 aliphatic heterocycles. The predicted molar refractivity (Wildman–Crippen MR) is 99.5 cm³/mol. The summed E-state index contributed by atoms with van der Waals surface area (Å²) in [4.78, 5) is 23.5. The highest BCUT2D eigenvalue weighted by Gasteiger charge is 2.11. The van der Waals surface area contributed by atoms with E-state index in [4.69, 9.17) is 9.47 Å². The molecule has 122 valence electrons. The highest BCUT2D eigenvalue weighted by Crippen LogP contribution is 2.14. The van der Waals surface area contributed by atoms with Crippen LogP contribution in [0.3, 0.4) is 0 Å². The largest absolute Gasteiger partial charge is 0.462 e. The number of alkyl halides is 4. The second-order valence-electron chi connectivity index (χ2n) is 4.21. The van der Waals surface area contributed by atoms with Gasteiger partial charge in [-0.2, -0.15) is 0 Å². The lowest BCUT2D eigenvalue weighted by Gasteiger charge is -2.07. The summed E-state index contributed by atoms with van der Waals surface area (Å²) < 4.78 is 10.4. The van der Waals surface area contributed by atoms with Gasteiger partial charge in [-0.05, 0) is 24.3 Å². The van der Waals surface area contributed by atoms with E-state index in [-0.39, 0.29) is 7.47 Å².